The van der Waals surface area contributed by atoms with Crippen LogP contribution in [0.2, 0.25) is 5.02 Å². The standard InChI is InChI=1S/C13H19ClN2O3S/c1-10-11(9-17)7-12(14)8-13(10)20(18,19)15-16-5-3-2-4-6-16/h7-8,15,17H,2-6,9H2,1H3. The summed E-state index contributed by atoms with van der Waals surface area (Å²) in [5.74, 6) is 0. The molecule has 0 unspecified atom stereocenters. The number of rotatable bonds is 4. The Hall–Kier alpha value is -0.660. The number of nitrogens with one attached hydrogen (secondary N) is 1. The molecule has 1 heterocycles. The minimum Gasteiger partial charge on any atom is -0.392 e. The zero-order valence-corrected chi connectivity index (χ0v) is 13.0. The number of hydrogen-bond donors (Lipinski definition) is 2. The molecular formula is C13H19ClN2O3S. The van der Waals surface area contributed by atoms with Crippen molar-refractivity contribution in [1.82, 2.24) is 9.84 Å². The van der Waals surface area contributed by atoms with Crippen LogP contribution in [0.1, 0.15) is 30.4 Å². The van der Waals surface area contributed by atoms with Crippen LogP contribution in [0.3, 0.4) is 0 Å². The first-order chi connectivity index (χ1) is 9.44. The lowest BCUT2D eigenvalue weighted by Crippen LogP contribution is -2.45. The first-order valence-corrected chi connectivity index (χ1v) is 8.47. The van der Waals surface area contributed by atoms with Crippen molar-refractivity contribution in [3.05, 3.63) is 28.3 Å². The van der Waals surface area contributed by atoms with Crippen LogP contribution in [0.25, 0.3) is 0 Å². The van der Waals surface area contributed by atoms with E-state index >= 15 is 0 Å². The van der Waals surface area contributed by atoms with Crippen molar-refractivity contribution in [3.8, 4) is 0 Å². The van der Waals surface area contributed by atoms with Crippen molar-refractivity contribution in [2.24, 2.45) is 0 Å². The molecule has 7 heteroatoms. The number of halogens is 1. The summed E-state index contributed by atoms with van der Waals surface area (Å²) in [6, 6.07) is 3.00. The van der Waals surface area contributed by atoms with Gasteiger partial charge in [-0.05, 0) is 43.0 Å². The molecule has 1 aromatic rings. The lowest BCUT2D eigenvalue weighted by Gasteiger charge is -2.27. The molecule has 0 amide bonds. The maximum Gasteiger partial charge on any atom is 0.253 e. The fraction of sp³-hybridized carbons (Fsp3) is 0.538. The Kier molecular flexibility index (Phi) is 5.04. The number of hydrazine groups is 1. The highest BCUT2D eigenvalue weighted by Gasteiger charge is 2.23. The van der Waals surface area contributed by atoms with E-state index < -0.39 is 10.0 Å². The third-order valence-electron chi connectivity index (χ3n) is 3.50. The second-order valence-corrected chi connectivity index (χ2v) is 7.05. The molecule has 1 aliphatic heterocycles. The smallest absolute Gasteiger partial charge is 0.253 e. The van der Waals surface area contributed by atoms with Gasteiger partial charge in [-0.15, -0.1) is 4.83 Å². The fourth-order valence-corrected chi connectivity index (χ4v) is 4.10. The molecule has 0 aromatic heterocycles. The molecule has 5 nitrogen and oxygen atoms in total. The minimum atomic E-state index is -3.67. The first-order valence-electron chi connectivity index (χ1n) is 6.61. The van der Waals surface area contributed by atoms with Crippen molar-refractivity contribution in [2.75, 3.05) is 13.1 Å². The Morgan fingerprint density at radius 3 is 2.55 bits per heavy atom. The Morgan fingerprint density at radius 2 is 1.95 bits per heavy atom. The maximum absolute atomic E-state index is 12.4. The van der Waals surface area contributed by atoms with Gasteiger partial charge < -0.3 is 5.11 Å². The van der Waals surface area contributed by atoms with Gasteiger partial charge in [-0.2, -0.15) is 0 Å². The minimum absolute atomic E-state index is 0.125. The summed E-state index contributed by atoms with van der Waals surface area (Å²) in [4.78, 5) is 2.72. The molecule has 20 heavy (non-hydrogen) atoms. The van der Waals surface area contributed by atoms with E-state index in [1.54, 1.807) is 18.0 Å². The fourth-order valence-electron chi connectivity index (χ4n) is 2.36. The molecule has 112 valence electrons. The summed E-state index contributed by atoms with van der Waals surface area (Å²) in [7, 11) is -3.67. The molecule has 2 N–H and O–H groups in total. The third-order valence-corrected chi connectivity index (χ3v) is 5.22. The molecule has 0 radical (unpaired) electrons. The van der Waals surface area contributed by atoms with E-state index in [-0.39, 0.29) is 11.5 Å². The summed E-state index contributed by atoms with van der Waals surface area (Å²) in [5.41, 5.74) is 1.05. The summed E-state index contributed by atoms with van der Waals surface area (Å²) < 4.78 is 24.9. The third kappa shape index (κ3) is 3.51. The van der Waals surface area contributed by atoms with Crippen molar-refractivity contribution in [1.29, 1.82) is 0 Å². The van der Waals surface area contributed by atoms with E-state index in [1.807, 2.05) is 0 Å². The molecule has 1 saturated heterocycles. The van der Waals surface area contributed by atoms with Gasteiger partial charge in [0.15, 0.2) is 0 Å². The lowest BCUT2D eigenvalue weighted by molar-refractivity contribution is 0.200. The summed E-state index contributed by atoms with van der Waals surface area (Å²) in [5, 5.41) is 11.3. The normalized spacial score (nSPS) is 17.4. The number of benzene rings is 1. The van der Waals surface area contributed by atoms with Crippen molar-refractivity contribution >= 4 is 21.6 Å². The highest BCUT2D eigenvalue weighted by molar-refractivity contribution is 7.89. The van der Waals surface area contributed by atoms with Crippen LogP contribution in [-0.4, -0.2) is 31.6 Å². The van der Waals surface area contributed by atoms with Gasteiger partial charge in [-0.1, -0.05) is 18.0 Å². The van der Waals surface area contributed by atoms with Crippen LogP contribution in [0.4, 0.5) is 0 Å². The van der Waals surface area contributed by atoms with Gasteiger partial charge in [0.05, 0.1) is 11.5 Å². The van der Waals surface area contributed by atoms with Crippen LogP contribution in [0.5, 0.6) is 0 Å². The zero-order chi connectivity index (χ0) is 14.8. The second-order valence-electron chi connectivity index (χ2n) is 4.99. The topological polar surface area (TPSA) is 69.6 Å². The summed E-state index contributed by atoms with van der Waals surface area (Å²) >= 11 is 5.93. The first kappa shape index (κ1) is 15.7. The van der Waals surface area contributed by atoms with E-state index in [0.717, 1.165) is 19.3 Å². The van der Waals surface area contributed by atoms with Crippen LogP contribution >= 0.6 is 11.6 Å². The van der Waals surface area contributed by atoms with Crippen LogP contribution < -0.4 is 4.83 Å². The van der Waals surface area contributed by atoms with Gasteiger partial charge in [0.2, 0.25) is 0 Å². The summed E-state index contributed by atoms with van der Waals surface area (Å²) in [6.07, 6.45) is 3.10. The summed E-state index contributed by atoms with van der Waals surface area (Å²) in [6.45, 7) is 2.86. The predicted octanol–water partition coefficient (Wildman–Crippen LogP) is 1.82. The van der Waals surface area contributed by atoms with Gasteiger partial charge in [0, 0.05) is 18.1 Å². The molecule has 1 aromatic carbocycles. The van der Waals surface area contributed by atoms with E-state index in [9.17, 15) is 13.5 Å². The van der Waals surface area contributed by atoms with E-state index in [4.69, 9.17) is 11.6 Å². The van der Waals surface area contributed by atoms with Crippen LogP contribution in [0.15, 0.2) is 17.0 Å². The Balaban J connectivity index is 2.31. The average Bonchev–Trinajstić information content (AvgIpc) is 2.41. The second kappa shape index (κ2) is 6.41. The van der Waals surface area contributed by atoms with Crippen molar-refractivity contribution in [2.45, 2.75) is 37.7 Å². The molecule has 0 spiro atoms. The molecule has 0 bridgehead atoms. The molecule has 2 rings (SSSR count). The SMILES string of the molecule is Cc1c(CO)cc(Cl)cc1S(=O)(=O)NN1CCCCC1. The van der Waals surface area contributed by atoms with Crippen LogP contribution in [-0.2, 0) is 16.6 Å². The van der Waals surface area contributed by atoms with Gasteiger partial charge in [0.25, 0.3) is 10.0 Å². The number of sulfonamides is 1. The number of aliphatic hydroxyl groups excluding tert-OH is 1. The number of nitrogens with zero attached hydrogens (tertiary/aromatic N) is 1. The highest BCUT2D eigenvalue weighted by Crippen LogP contribution is 2.25. The zero-order valence-electron chi connectivity index (χ0n) is 11.4. The average molecular weight is 319 g/mol. The Bertz CT molecular complexity index is 584. The highest BCUT2D eigenvalue weighted by atomic mass is 35.5. The number of piperidine rings is 1. The number of aliphatic hydroxyl groups is 1. The molecule has 1 fully saturated rings. The number of hydrogen-bond acceptors (Lipinski definition) is 4. The van der Waals surface area contributed by atoms with Gasteiger partial charge in [-0.25, -0.2) is 13.4 Å². The molecular weight excluding hydrogens is 300 g/mol. The largest absolute Gasteiger partial charge is 0.392 e. The van der Waals surface area contributed by atoms with Gasteiger partial charge >= 0.3 is 0 Å². The van der Waals surface area contributed by atoms with Gasteiger partial charge in [-0.3, -0.25) is 0 Å². The monoisotopic (exact) mass is 318 g/mol. The van der Waals surface area contributed by atoms with Crippen molar-refractivity contribution in [3.63, 3.8) is 0 Å². The Morgan fingerprint density at radius 1 is 1.30 bits per heavy atom. The maximum atomic E-state index is 12.4. The quantitative estimate of drug-likeness (QED) is 0.888. The Labute approximate surface area is 124 Å². The van der Waals surface area contributed by atoms with Crippen LogP contribution in [0, 0.1) is 6.92 Å². The van der Waals surface area contributed by atoms with Crippen molar-refractivity contribution < 1.29 is 13.5 Å². The lowest BCUT2D eigenvalue weighted by atomic mass is 10.1. The van der Waals surface area contributed by atoms with Gasteiger partial charge in [0.1, 0.15) is 0 Å². The predicted molar refractivity (Wildman–Crippen MR) is 77.9 cm³/mol. The molecule has 1 aliphatic rings. The van der Waals surface area contributed by atoms with E-state index in [0.29, 0.717) is 29.2 Å². The molecule has 0 atom stereocenters. The molecule has 0 aliphatic carbocycles. The molecule has 0 saturated carbocycles. The van der Waals surface area contributed by atoms with E-state index in [1.165, 1.54) is 6.07 Å². The van der Waals surface area contributed by atoms with E-state index in [2.05, 4.69) is 4.83 Å².